The van der Waals surface area contributed by atoms with Crippen molar-refractivity contribution in [2.24, 2.45) is 0 Å². The van der Waals surface area contributed by atoms with Gasteiger partial charge in [0.25, 0.3) is 5.91 Å². The molecule has 0 N–H and O–H groups in total. The molecule has 3 heterocycles. The fraction of sp³-hybridized carbons (Fsp3) is 0.438. The van der Waals surface area contributed by atoms with Gasteiger partial charge in [0.05, 0.1) is 19.1 Å². The highest BCUT2D eigenvalue weighted by Gasteiger charge is 2.43. The van der Waals surface area contributed by atoms with E-state index >= 15 is 0 Å². The SMILES string of the molecule is CC1(F)CN(C(=O)c2nc3n(n2)[C@H](c2ccccc2)CC3)C1. The van der Waals surface area contributed by atoms with Crippen LogP contribution in [0.25, 0.3) is 0 Å². The Balaban J connectivity index is 1.58. The zero-order valence-electron chi connectivity index (χ0n) is 12.4. The summed E-state index contributed by atoms with van der Waals surface area (Å²) in [6.45, 7) is 1.75. The van der Waals surface area contributed by atoms with E-state index in [2.05, 4.69) is 22.2 Å². The third-order valence-electron chi connectivity index (χ3n) is 4.34. The third-order valence-corrected chi connectivity index (χ3v) is 4.34. The highest BCUT2D eigenvalue weighted by atomic mass is 19.1. The molecule has 6 heteroatoms. The number of hydrogen-bond acceptors (Lipinski definition) is 3. The molecule has 1 atom stereocenters. The molecule has 2 aromatic rings. The Morgan fingerprint density at radius 2 is 2.05 bits per heavy atom. The number of carbonyl (C=O) groups is 1. The summed E-state index contributed by atoms with van der Waals surface area (Å²) >= 11 is 0. The second kappa shape index (κ2) is 4.63. The summed E-state index contributed by atoms with van der Waals surface area (Å²) in [5, 5.41) is 4.39. The molecule has 5 nitrogen and oxygen atoms in total. The van der Waals surface area contributed by atoms with Gasteiger partial charge in [0, 0.05) is 6.42 Å². The van der Waals surface area contributed by atoms with E-state index in [0.717, 1.165) is 18.7 Å². The second-order valence-corrected chi connectivity index (χ2v) is 6.34. The molecule has 22 heavy (non-hydrogen) atoms. The standard InChI is InChI=1S/C16H17FN4O/c1-16(17)9-20(10-16)15(22)14-18-13-8-7-12(21(13)19-14)11-5-3-2-4-6-11/h2-6,12H,7-10H2,1H3/t12-/m0/s1. The summed E-state index contributed by atoms with van der Waals surface area (Å²) in [6, 6.07) is 10.2. The zero-order chi connectivity index (χ0) is 15.3. The van der Waals surface area contributed by atoms with Crippen LogP contribution in [0.15, 0.2) is 30.3 Å². The third kappa shape index (κ3) is 2.10. The van der Waals surface area contributed by atoms with E-state index in [-0.39, 0.29) is 30.9 Å². The zero-order valence-corrected chi connectivity index (χ0v) is 12.4. The average molecular weight is 300 g/mol. The van der Waals surface area contributed by atoms with Crippen LogP contribution < -0.4 is 0 Å². The minimum absolute atomic E-state index is 0.123. The van der Waals surface area contributed by atoms with Crippen LogP contribution in [-0.2, 0) is 6.42 Å². The van der Waals surface area contributed by atoms with Crippen molar-refractivity contribution in [3.63, 3.8) is 0 Å². The van der Waals surface area contributed by atoms with Gasteiger partial charge in [-0.05, 0) is 18.9 Å². The van der Waals surface area contributed by atoms with Crippen LogP contribution in [-0.4, -0.2) is 44.3 Å². The van der Waals surface area contributed by atoms with Crippen molar-refractivity contribution < 1.29 is 9.18 Å². The Hall–Kier alpha value is -2.24. The number of amides is 1. The molecule has 1 fully saturated rings. The maximum absolute atomic E-state index is 13.5. The number of hydrogen-bond donors (Lipinski definition) is 0. The van der Waals surface area contributed by atoms with Crippen molar-refractivity contribution in [1.29, 1.82) is 0 Å². The first-order valence-electron chi connectivity index (χ1n) is 7.52. The molecule has 0 radical (unpaired) electrons. The van der Waals surface area contributed by atoms with Crippen LogP contribution in [0.3, 0.4) is 0 Å². The van der Waals surface area contributed by atoms with Gasteiger partial charge in [-0.15, -0.1) is 5.10 Å². The molecule has 0 spiro atoms. The summed E-state index contributed by atoms with van der Waals surface area (Å²) in [5.74, 6) is 0.746. The fourth-order valence-corrected chi connectivity index (χ4v) is 3.27. The minimum Gasteiger partial charge on any atom is -0.329 e. The van der Waals surface area contributed by atoms with Crippen LogP contribution in [0.4, 0.5) is 4.39 Å². The lowest BCUT2D eigenvalue weighted by Gasteiger charge is -2.41. The van der Waals surface area contributed by atoms with Crippen molar-refractivity contribution in [3.8, 4) is 0 Å². The number of aryl methyl sites for hydroxylation is 1. The molecule has 1 aromatic carbocycles. The van der Waals surface area contributed by atoms with Crippen molar-refractivity contribution >= 4 is 5.91 Å². The van der Waals surface area contributed by atoms with Gasteiger partial charge >= 0.3 is 0 Å². The van der Waals surface area contributed by atoms with E-state index in [1.807, 2.05) is 22.9 Å². The molecule has 0 aliphatic carbocycles. The minimum atomic E-state index is -1.27. The van der Waals surface area contributed by atoms with E-state index in [0.29, 0.717) is 0 Å². The van der Waals surface area contributed by atoms with Crippen molar-refractivity contribution in [1.82, 2.24) is 19.7 Å². The first-order valence-corrected chi connectivity index (χ1v) is 7.52. The number of alkyl halides is 1. The van der Waals surface area contributed by atoms with Gasteiger partial charge in [0.2, 0.25) is 5.82 Å². The summed E-state index contributed by atoms with van der Waals surface area (Å²) < 4.78 is 15.4. The highest BCUT2D eigenvalue weighted by molar-refractivity contribution is 5.91. The normalized spacial score (nSPS) is 22.3. The second-order valence-electron chi connectivity index (χ2n) is 6.34. The molecule has 2 aliphatic rings. The molecular formula is C16H17FN4O. The maximum Gasteiger partial charge on any atom is 0.293 e. The Morgan fingerprint density at radius 1 is 1.32 bits per heavy atom. The molecular weight excluding hydrogens is 283 g/mol. The largest absolute Gasteiger partial charge is 0.329 e. The summed E-state index contributed by atoms with van der Waals surface area (Å²) in [6.07, 6.45) is 1.75. The quantitative estimate of drug-likeness (QED) is 0.852. The number of benzene rings is 1. The fourth-order valence-electron chi connectivity index (χ4n) is 3.27. The molecule has 1 saturated heterocycles. The molecule has 4 rings (SSSR count). The monoisotopic (exact) mass is 300 g/mol. The van der Waals surface area contributed by atoms with Crippen LogP contribution in [0, 0.1) is 0 Å². The molecule has 1 amide bonds. The number of aromatic nitrogens is 3. The van der Waals surface area contributed by atoms with Crippen molar-refractivity contribution in [2.45, 2.75) is 31.5 Å². The molecule has 0 saturated carbocycles. The Bertz CT molecular complexity index is 717. The first-order chi connectivity index (χ1) is 10.5. The Kier molecular flexibility index (Phi) is 2.82. The van der Waals surface area contributed by atoms with Gasteiger partial charge in [-0.3, -0.25) is 4.79 Å². The summed E-state index contributed by atoms with van der Waals surface area (Å²) in [5.41, 5.74) is -0.101. The van der Waals surface area contributed by atoms with Gasteiger partial charge in [-0.1, -0.05) is 30.3 Å². The number of likely N-dealkylation sites (tertiary alicyclic amines) is 1. The molecule has 2 aliphatic heterocycles. The number of nitrogens with zero attached hydrogens (tertiary/aromatic N) is 4. The van der Waals surface area contributed by atoms with E-state index < -0.39 is 5.67 Å². The summed E-state index contributed by atoms with van der Waals surface area (Å²) in [4.78, 5) is 18.1. The number of carbonyl (C=O) groups excluding carboxylic acids is 1. The molecule has 0 unspecified atom stereocenters. The average Bonchev–Trinajstić information content (AvgIpc) is 3.04. The molecule has 114 valence electrons. The lowest BCUT2D eigenvalue weighted by atomic mass is 9.99. The Morgan fingerprint density at radius 3 is 2.73 bits per heavy atom. The van der Waals surface area contributed by atoms with E-state index in [4.69, 9.17) is 0 Å². The van der Waals surface area contributed by atoms with Crippen LogP contribution in [0.5, 0.6) is 0 Å². The van der Waals surface area contributed by atoms with Gasteiger partial charge in [0.1, 0.15) is 11.5 Å². The van der Waals surface area contributed by atoms with Gasteiger partial charge in [-0.25, -0.2) is 14.1 Å². The lowest BCUT2D eigenvalue weighted by molar-refractivity contribution is -0.00866. The highest BCUT2D eigenvalue weighted by Crippen LogP contribution is 2.31. The lowest BCUT2D eigenvalue weighted by Crippen LogP contribution is -2.59. The van der Waals surface area contributed by atoms with E-state index in [1.165, 1.54) is 17.4 Å². The summed E-state index contributed by atoms with van der Waals surface area (Å²) in [7, 11) is 0. The van der Waals surface area contributed by atoms with E-state index in [9.17, 15) is 9.18 Å². The smallest absolute Gasteiger partial charge is 0.293 e. The van der Waals surface area contributed by atoms with Crippen LogP contribution in [0.2, 0.25) is 0 Å². The number of halogens is 1. The van der Waals surface area contributed by atoms with Crippen molar-refractivity contribution in [2.75, 3.05) is 13.1 Å². The van der Waals surface area contributed by atoms with Crippen molar-refractivity contribution in [3.05, 3.63) is 47.5 Å². The van der Waals surface area contributed by atoms with E-state index in [1.54, 1.807) is 0 Å². The van der Waals surface area contributed by atoms with Gasteiger partial charge in [0.15, 0.2) is 0 Å². The molecule has 1 aromatic heterocycles. The maximum atomic E-state index is 13.5. The first kappa shape index (κ1) is 13.4. The number of fused-ring (bicyclic) bond motifs is 1. The van der Waals surface area contributed by atoms with Crippen LogP contribution >= 0.6 is 0 Å². The predicted molar refractivity (Wildman–Crippen MR) is 78.3 cm³/mol. The van der Waals surface area contributed by atoms with Crippen LogP contribution in [0.1, 0.15) is 41.4 Å². The predicted octanol–water partition coefficient (Wildman–Crippen LogP) is 2.00. The number of rotatable bonds is 2. The van der Waals surface area contributed by atoms with Gasteiger partial charge < -0.3 is 4.90 Å². The molecule has 0 bridgehead atoms. The Labute approximate surface area is 127 Å². The topological polar surface area (TPSA) is 51.0 Å². The van der Waals surface area contributed by atoms with Gasteiger partial charge in [-0.2, -0.15) is 0 Å².